The molecule has 1 N–H and O–H groups in total. The first kappa shape index (κ1) is 22.6. The van der Waals surface area contributed by atoms with E-state index < -0.39 is 48.2 Å². The normalized spacial score (nSPS) is 16.1. The number of alkyl halides is 12. The molecule has 24 heavy (non-hydrogen) atoms. The number of rotatable bonds is 5. The lowest BCUT2D eigenvalue weighted by atomic mass is 9.89. The summed E-state index contributed by atoms with van der Waals surface area (Å²) in [5.74, 6) is -10.6. The second-order valence-corrected chi connectivity index (χ2v) is 4.34. The summed E-state index contributed by atoms with van der Waals surface area (Å²) in [6, 6.07) is 0. The van der Waals surface area contributed by atoms with E-state index in [1.165, 1.54) is 0 Å². The molecule has 1 nitrogen and oxygen atoms in total. The summed E-state index contributed by atoms with van der Waals surface area (Å²) in [7, 11) is 0. The van der Waals surface area contributed by atoms with Gasteiger partial charge in [0.15, 0.2) is 5.57 Å². The van der Waals surface area contributed by atoms with E-state index in [4.69, 9.17) is 0 Å². The van der Waals surface area contributed by atoms with Gasteiger partial charge in [-0.05, 0) is 6.42 Å². The zero-order valence-electron chi connectivity index (χ0n) is 11.3. The maximum atomic E-state index is 13.4. The predicted octanol–water partition coefficient (Wildman–Crippen LogP) is 5.20. The Morgan fingerprint density at radius 1 is 0.750 bits per heavy atom. The van der Waals surface area contributed by atoms with Crippen LogP contribution in [0.25, 0.3) is 0 Å². The first-order valence-electron chi connectivity index (χ1n) is 5.77. The van der Waals surface area contributed by atoms with Crippen molar-refractivity contribution < 1.29 is 57.1 Å². The van der Waals surface area contributed by atoms with Gasteiger partial charge in [0.1, 0.15) is 0 Å². The molecule has 0 saturated carbocycles. The SMILES string of the molecule is CCCNC(F)=C(C(F)(F)F)C(F)(F)C(F)(C(F)(F)F)C(F)(F)F. The van der Waals surface area contributed by atoms with Gasteiger partial charge in [0.2, 0.25) is 5.95 Å². The van der Waals surface area contributed by atoms with Crippen LogP contribution in [0.15, 0.2) is 11.5 Å². The fourth-order valence-electron chi connectivity index (χ4n) is 1.45. The molecule has 0 bridgehead atoms. The summed E-state index contributed by atoms with van der Waals surface area (Å²) in [5, 5.41) is 0.932. The second kappa shape index (κ2) is 6.50. The summed E-state index contributed by atoms with van der Waals surface area (Å²) in [4.78, 5) is 0. The van der Waals surface area contributed by atoms with Crippen LogP contribution in [0.1, 0.15) is 13.3 Å². The van der Waals surface area contributed by atoms with Crippen LogP contribution >= 0.6 is 0 Å². The summed E-state index contributed by atoms with van der Waals surface area (Å²) in [6.45, 7) is 0.315. The molecule has 0 aliphatic carbocycles. The van der Waals surface area contributed by atoms with E-state index in [9.17, 15) is 57.1 Å². The molecule has 0 aromatic heterocycles. The third kappa shape index (κ3) is 3.82. The van der Waals surface area contributed by atoms with Crippen LogP contribution in [-0.2, 0) is 0 Å². The molecular formula is C10H8F13N. The zero-order chi connectivity index (χ0) is 19.8. The van der Waals surface area contributed by atoms with Gasteiger partial charge in [-0.1, -0.05) is 6.92 Å². The Labute approximate surface area is 125 Å². The minimum Gasteiger partial charge on any atom is -0.362 e. The summed E-state index contributed by atoms with van der Waals surface area (Å²) < 4.78 is 164. The van der Waals surface area contributed by atoms with E-state index in [1.807, 2.05) is 0 Å². The average Bonchev–Trinajstić information content (AvgIpc) is 2.30. The molecule has 0 radical (unpaired) electrons. The minimum atomic E-state index is -7.66. The van der Waals surface area contributed by atoms with E-state index in [0.29, 0.717) is 0 Å². The van der Waals surface area contributed by atoms with E-state index in [-0.39, 0.29) is 6.42 Å². The van der Waals surface area contributed by atoms with Crippen LogP contribution in [-0.4, -0.2) is 36.7 Å². The Morgan fingerprint density at radius 3 is 1.38 bits per heavy atom. The predicted molar refractivity (Wildman–Crippen MR) is 53.4 cm³/mol. The molecule has 14 heteroatoms. The first-order chi connectivity index (χ1) is 10.4. The van der Waals surface area contributed by atoms with Crippen LogP contribution in [0.3, 0.4) is 0 Å². The third-order valence-electron chi connectivity index (χ3n) is 2.56. The number of allylic oxidation sites excluding steroid dienone is 1. The Balaban J connectivity index is 6.66. The quantitative estimate of drug-likeness (QED) is 0.504. The number of hydrogen-bond acceptors (Lipinski definition) is 1. The standard InChI is InChI=1S/C10H8F13N/c1-2-3-24-5(11)4(7(14,15)16)6(12,13)8(17,9(18,19)20)10(21,22)23/h24H,2-3H2,1H3. The average molecular weight is 389 g/mol. The maximum Gasteiger partial charge on any atom is 0.438 e. The lowest BCUT2D eigenvalue weighted by Crippen LogP contribution is -2.66. The summed E-state index contributed by atoms with van der Waals surface area (Å²) >= 11 is 0. The topological polar surface area (TPSA) is 12.0 Å². The smallest absolute Gasteiger partial charge is 0.362 e. The zero-order valence-corrected chi connectivity index (χ0v) is 11.3. The van der Waals surface area contributed by atoms with Crippen LogP contribution < -0.4 is 5.32 Å². The molecule has 0 aliphatic heterocycles. The molecule has 0 fully saturated rings. The summed E-state index contributed by atoms with van der Waals surface area (Å²) in [6.07, 6.45) is -22.0. The van der Waals surface area contributed by atoms with Gasteiger partial charge >= 0.3 is 30.1 Å². The number of halogens is 13. The molecule has 0 spiro atoms. The molecule has 0 aromatic rings. The molecule has 0 aromatic carbocycles. The highest BCUT2D eigenvalue weighted by atomic mass is 19.4. The maximum absolute atomic E-state index is 13.4. The van der Waals surface area contributed by atoms with E-state index >= 15 is 0 Å². The number of nitrogens with one attached hydrogen (secondary N) is 1. The summed E-state index contributed by atoms with van der Waals surface area (Å²) in [5.41, 5.74) is -11.9. The van der Waals surface area contributed by atoms with Crippen molar-refractivity contribution in [2.45, 2.75) is 43.5 Å². The van der Waals surface area contributed by atoms with Crippen LogP contribution in [0.5, 0.6) is 0 Å². The van der Waals surface area contributed by atoms with Gasteiger partial charge in [-0.2, -0.15) is 52.7 Å². The Kier molecular flexibility index (Phi) is 6.13. The fourth-order valence-corrected chi connectivity index (χ4v) is 1.45. The van der Waals surface area contributed by atoms with E-state index in [2.05, 4.69) is 0 Å². The van der Waals surface area contributed by atoms with Gasteiger partial charge in [0, 0.05) is 6.54 Å². The van der Waals surface area contributed by atoms with Gasteiger partial charge in [0.05, 0.1) is 0 Å². The van der Waals surface area contributed by atoms with E-state index in [0.717, 1.165) is 12.2 Å². The Hall–Kier alpha value is -1.37. The lowest BCUT2D eigenvalue weighted by molar-refractivity contribution is -0.393. The second-order valence-electron chi connectivity index (χ2n) is 4.34. The van der Waals surface area contributed by atoms with Crippen molar-refractivity contribution in [3.8, 4) is 0 Å². The van der Waals surface area contributed by atoms with Crippen molar-refractivity contribution in [2.24, 2.45) is 0 Å². The molecule has 144 valence electrons. The highest BCUT2D eigenvalue weighted by Gasteiger charge is 2.87. The minimum absolute atomic E-state index is 0.233. The molecule has 0 amide bonds. The van der Waals surface area contributed by atoms with Gasteiger partial charge in [-0.25, -0.2) is 4.39 Å². The van der Waals surface area contributed by atoms with Gasteiger partial charge in [-0.3, -0.25) is 0 Å². The van der Waals surface area contributed by atoms with Gasteiger partial charge < -0.3 is 5.32 Å². The molecule has 0 atom stereocenters. The Morgan fingerprint density at radius 2 is 1.12 bits per heavy atom. The largest absolute Gasteiger partial charge is 0.438 e. The van der Waals surface area contributed by atoms with Crippen LogP contribution in [0.4, 0.5) is 57.1 Å². The fraction of sp³-hybridized carbons (Fsp3) is 0.800. The molecule has 0 unspecified atom stereocenters. The first-order valence-corrected chi connectivity index (χ1v) is 5.77. The van der Waals surface area contributed by atoms with Crippen molar-refractivity contribution in [1.82, 2.24) is 5.32 Å². The molecule has 0 heterocycles. The number of hydrogen-bond donors (Lipinski definition) is 1. The molecule has 0 aliphatic rings. The monoisotopic (exact) mass is 389 g/mol. The van der Waals surface area contributed by atoms with Crippen molar-refractivity contribution in [2.75, 3.05) is 6.54 Å². The van der Waals surface area contributed by atoms with Gasteiger partial charge in [0.25, 0.3) is 0 Å². The molecule has 0 saturated heterocycles. The molecule has 0 rings (SSSR count). The van der Waals surface area contributed by atoms with Crippen molar-refractivity contribution in [3.05, 3.63) is 11.5 Å². The van der Waals surface area contributed by atoms with Crippen LogP contribution in [0.2, 0.25) is 0 Å². The molecular weight excluding hydrogens is 381 g/mol. The highest BCUT2D eigenvalue weighted by molar-refractivity contribution is 5.29. The highest BCUT2D eigenvalue weighted by Crippen LogP contribution is 2.59. The van der Waals surface area contributed by atoms with E-state index in [1.54, 1.807) is 0 Å². The van der Waals surface area contributed by atoms with Crippen molar-refractivity contribution in [1.29, 1.82) is 0 Å². The van der Waals surface area contributed by atoms with Crippen LogP contribution in [0, 0.1) is 0 Å². The van der Waals surface area contributed by atoms with Gasteiger partial charge in [-0.15, -0.1) is 0 Å². The van der Waals surface area contributed by atoms with Crippen molar-refractivity contribution in [3.63, 3.8) is 0 Å². The van der Waals surface area contributed by atoms with Crippen molar-refractivity contribution >= 4 is 0 Å². The Bertz CT molecular complexity index is 453. The third-order valence-corrected chi connectivity index (χ3v) is 2.56. The lowest BCUT2D eigenvalue weighted by Gasteiger charge is -2.37.